The van der Waals surface area contributed by atoms with Gasteiger partial charge in [-0.3, -0.25) is 9.59 Å². The highest BCUT2D eigenvalue weighted by molar-refractivity contribution is 5.94. The van der Waals surface area contributed by atoms with Crippen LogP contribution in [0.4, 0.5) is 5.95 Å². The summed E-state index contributed by atoms with van der Waals surface area (Å²) < 4.78 is 0. The van der Waals surface area contributed by atoms with E-state index in [9.17, 15) is 9.59 Å². The fraction of sp³-hybridized carbons (Fsp3) is 0.400. The molecule has 3 rings (SSSR count). The fourth-order valence-corrected chi connectivity index (χ4v) is 2.79. The second-order valence-electron chi connectivity index (χ2n) is 5.57. The van der Waals surface area contributed by atoms with E-state index in [1.807, 2.05) is 0 Å². The summed E-state index contributed by atoms with van der Waals surface area (Å²) in [4.78, 5) is 38.9. The molecule has 0 saturated carbocycles. The molecule has 8 heteroatoms. The van der Waals surface area contributed by atoms with E-state index < -0.39 is 0 Å². The molecule has 0 spiro atoms. The molecular formula is C15H18N6O2. The number of amides is 1. The number of carbonyl (C=O) groups is 1. The SMILES string of the molecule is Cc1nc(CNC(=O)c2nc(N)nc3c2CCCC3)cc(=O)[nH]1. The Hall–Kier alpha value is -2.77. The van der Waals surface area contributed by atoms with Crippen LogP contribution in [0.2, 0.25) is 0 Å². The lowest BCUT2D eigenvalue weighted by Gasteiger charge is -2.17. The molecule has 0 radical (unpaired) electrons. The second-order valence-corrected chi connectivity index (χ2v) is 5.57. The number of nitrogens with zero attached hydrogens (tertiary/aromatic N) is 3. The summed E-state index contributed by atoms with van der Waals surface area (Å²) in [5.74, 6) is 0.295. The van der Waals surface area contributed by atoms with E-state index in [1.165, 1.54) is 6.07 Å². The van der Waals surface area contributed by atoms with Crippen LogP contribution in [0.5, 0.6) is 0 Å². The minimum absolute atomic E-state index is 0.112. The molecule has 23 heavy (non-hydrogen) atoms. The van der Waals surface area contributed by atoms with Crippen molar-refractivity contribution < 1.29 is 4.79 Å². The largest absolute Gasteiger partial charge is 0.368 e. The Morgan fingerprint density at radius 2 is 2.09 bits per heavy atom. The molecule has 1 aliphatic rings. The molecule has 2 heterocycles. The Labute approximate surface area is 132 Å². The van der Waals surface area contributed by atoms with Crippen molar-refractivity contribution in [1.82, 2.24) is 25.3 Å². The van der Waals surface area contributed by atoms with Gasteiger partial charge in [0.1, 0.15) is 11.5 Å². The van der Waals surface area contributed by atoms with Crippen LogP contribution < -0.4 is 16.6 Å². The predicted octanol–water partition coefficient (Wildman–Crippen LogP) is 0.259. The Bertz CT molecular complexity index is 814. The van der Waals surface area contributed by atoms with Crippen molar-refractivity contribution in [2.24, 2.45) is 0 Å². The lowest BCUT2D eigenvalue weighted by atomic mass is 9.94. The maximum Gasteiger partial charge on any atom is 0.270 e. The zero-order valence-electron chi connectivity index (χ0n) is 12.8. The molecule has 0 unspecified atom stereocenters. The summed E-state index contributed by atoms with van der Waals surface area (Å²) in [6, 6.07) is 1.36. The van der Waals surface area contributed by atoms with Gasteiger partial charge in [-0.1, -0.05) is 0 Å². The van der Waals surface area contributed by atoms with Crippen molar-refractivity contribution in [1.29, 1.82) is 0 Å². The number of nitrogens with one attached hydrogen (secondary N) is 2. The number of rotatable bonds is 3. The van der Waals surface area contributed by atoms with E-state index in [1.54, 1.807) is 6.92 Å². The molecule has 1 aliphatic carbocycles. The molecule has 4 N–H and O–H groups in total. The summed E-state index contributed by atoms with van der Waals surface area (Å²) in [6.45, 7) is 1.84. The summed E-state index contributed by atoms with van der Waals surface area (Å²) in [5, 5.41) is 2.75. The standard InChI is InChI=1S/C15H18N6O2/c1-8-18-9(6-12(22)19-8)7-17-14(23)13-10-4-2-3-5-11(10)20-15(16)21-13/h6H,2-5,7H2,1H3,(H,17,23)(H2,16,20,21)(H,18,19,22). The number of aryl methyl sites for hydroxylation is 2. The van der Waals surface area contributed by atoms with E-state index >= 15 is 0 Å². The minimum atomic E-state index is -0.322. The van der Waals surface area contributed by atoms with Gasteiger partial charge in [-0.25, -0.2) is 15.0 Å². The first kappa shape index (κ1) is 15.1. The summed E-state index contributed by atoms with van der Waals surface area (Å²) in [5.41, 5.74) is 8.02. The molecule has 2 aromatic rings. The smallest absolute Gasteiger partial charge is 0.270 e. The number of carbonyl (C=O) groups excluding carboxylic acids is 1. The van der Waals surface area contributed by atoms with Crippen LogP contribution in [0, 0.1) is 6.92 Å². The van der Waals surface area contributed by atoms with Crippen LogP contribution in [0.3, 0.4) is 0 Å². The van der Waals surface area contributed by atoms with Crippen LogP contribution >= 0.6 is 0 Å². The molecule has 2 aromatic heterocycles. The second kappa shape index (κ2) is 6.15. The van der Waals surface area contributed by atoms with Crippen molar-refractivity contribution in [3.05, 3.63) is 44.9 Å². The average Bonchev–Trinajstić information content (AvgIpc) is 2.51. The van der Waals surface area contributed by atoms with Gasteiger partial charge in [0.05, 0.1) is 12.2 Å². The van der Waals surface area contributed by atoms with Crippen molar-refractivity contribution in [3.8, 4) is 0 Å². The Morgan fingerprint density at radius 1 is 1.30 bits per heavy atom. The average molecular weight is 314 g/mol. The lowest BCUT2D eigenvalue weighted by Crippen LogP contribution is -2.28. The maximum absolute atomic E-state index is 12.4. The van der Waals surface area contributed by atoms with Gasteiger partial charge in [-0.05, 0) is 32.6 Å². The van der Waals surface area contributed by atoms with Gasteiger partial charge in [0, 0.05) is 17.3 Å². The third-order valence-corrected chi connectivity index (χ3v) is 3.76. The van der Waals surface area contributed by atoms with Gasteiger partial charge < -0.3 is 16.0 Å². The van der Waals surface area contributed by atoms with E-state index in [4.69, 9.17) is 5.73 Å². The molecule has 0 aliphatic heterocycles. The van der Waals surface area contributed by atoms with Crippen molar-refractivity contribution in [2.45, 2.75) is 39.2 Å². The first-order valence-electron chi connectivity index (χ1n) is 7.53. The van der Waals surface area contributed by atoms with E-state index in [0.717, 1.165) is 36.9 Å². The van der Waals surface area contributed by atoms with Crippen molar-refractivity contribution in [2.75, 3.05) is 5.73 Å². The monoisotopic (exact) mass is 314 g/mol. The minimum Gasteiger partial charge on any atom is -0.368 e. The number of nitrogens with two attached hydrogens (primary N) is 1. The zero-order chi connectivity index (χ0) is 16.4. The molecule has 0 bridgehead atoms. The first-order valence-corrected chi connectivity index (χ1v) is 7.53. The van der Waals surface area contributed by atoms with Crippen LogP contribution in [0.25, 0.3) is 0 Å². The first-order chi connectivity index (χ1) is 11.0. The Morgan fingerprint density at radius 3 is 2.87 bits per heavy atom. The molecule has 0 aromatic carbocycles. The number of nitrogen functional groups attached to an aromatic ring is 1. The highest BCUT2D eigenvalue weighted by Crippen LogP contribution is 2.22. The third-order valence-electron chi connectivity index (χ3n) is 3.76. The van der Waals surface area contributed by atoms with Gasteiger partial charge in [0.15, 0.2) is 0 Å². The Kier molecular flexibility index (Phi) is 4.05. The molecule has 0 saturated heterocycles. The predicted molar refractivity (Wildman–Crippen MR) is 83.9 cm³/mol. The van der Waals surface area contributed by atoms with E-state index in [2.05, 4.69) is 25.3 Å². The third kappa shape index (κ3) is 3.36. The van der Waals surface area contributed by atoms with Gasteiger partial charge >= 0.3 is 0 Å². The molecule has 1 amide bonds. The Balaban J connectivity index is 1.81. The number of fused-ring (bicyclic) bond motifs is 1. The quantitative estimate of drug-likeness (QED) is 0.746. The molecule has 8 nitrogen and oxygen atoms in total. The summed E-state index contributed by atoms with van der Waals surface area (Å²) in [7, 11) is 0. The van der Waals surface area contributed by atoms with Crippen LogP contribution in [-0.4, -0.2) is 25.8 Å². The number of anilines is 1. The number of hydrogen-bond donors (Lipinski definition) is 3. The zero-order valence-corrected chi connectivity index (χ0v) is 12.8. The normalized spacial score (nSPS) is 13.4. The van der Waals surface area contributed by atoms with Gasteiger partial charge in [0.2, 0.25) is 5.95 Å². The number of hydrogen-bond acceptors (Lipinski definition) is 6. The summed E-state index contributed by atoms with van der Waals surface area (Å²) >= 11 is 0. The maximum atomic E-state index is 12.4. The van der Waals surface area contributed by atoms with Crippen molar-refractivity contribution in [3.63, 3.8) is 0 Å². The fourth-order valence-electron chi connectivity index (χ4n) is 2.79. The van der Waals surface area contributed by atoms with E-state index in [-0.39, 0.29) is 24.0 Å². The van der Waals surface area contributed by atoms with Crippen LogP contribution in [0.15, 0.2) is 10.9 Å². The lowest BCUT2D eigenvalue weighted by molar-refractivity contribution is 0.0944. The molecular weight excluding hydrogens is 296 g/mol. The molecule has 0 atom stereocenters. The highest BCUT2D eigenvalue weighted by atomic mass is 16.2. The van der Waals surface area contributed by atoms with Gasteiger partial charge in [-0.2, -0.15) is 0 Å². The van der Waals surface area contributed by atoms with Gasteiger partial charge in [-0.15, -0.1) is 0 Å². The van der Waals surface area contributed by atoms with Crippen LogP contribution in [0.1, 0.15) is 46.1 Å². The van der Waals surface area contributed by atoms with Crippen LogP contribution in [-0.2, 0) is 19.4 Å². The number of H-pyrrole nitrogens is 1. The summed E-state index contributed by atoms with van der Waals surface area (Å²) in [6.07, 6.45) is 3.65. The highest BCUT2D eigenvalue weighted by Gasteiger charge is 2.21. The number of aromatic nitrogens is 4. The molecule has 120 valence electrons. The topological polar surface area (TPSA) is 127 Å². The molecule has 0 fully saturated rings. The van der Waals surface area contributed by atoms with E-state index in [0.29, 0.717) is 17.2 Å². The van der Waals surface area contributed by atoms with Gasteiger partial charge in [0.25, 0.3) is 11.5 Å². The number of aromatic amines is 1. The van der Waals surface area contributed by atoms with Crippen molar-refractivity contribution >= 4 is 11.9 Å².